The number of nitrogens with one attached hydrogen (secondary N) is 3. The zero-order valence-electron chi connectivity index (χ0n) is 13.4. The Morgan fingerprint density at radius 1 is 1.38 bits per heavy atom. The second-order valence-corrected chi connectivity index (χ2v) is 6.06. The molecule has 7 nitrogen and oxygen atoms in total. The van der Waals surface area contributed by atoms with Crippen molar-refractivity contribution in [2.45, 2.75) is 31.8 Å². The molecule has 5 N–H and O–H groups in total. The largest absolute Gasteiger partial charge is 0.353 e. The van der Waals surface area contributed by atoms with Crippen LogP contribution in [-0.2, 0) is 4.79 Å². The molecule has 1 saturated carbocycles. The van der Waals surface area contributed by atoms with Crippen molar-refractivity contribution in [3.63, 3.8) is 0 Å². The third kappa shape index (κ3) is 4.04. The van der Waals surface area contributed by atoms with Gasteiger partial charge in [-0.1, -0.05) is 18.2 Å². The van der Waals surface area contributed by atoms with Crippen LogP contribution in [0.1, 0.15) is 30.3 Å². The molecule has 2 atom stereocenters. The summed E-state index contributed by atoms with van der Waals surface area (Å²) < 4.78 is 0. The molecule has 0 saturated heterocycles. The summed E-state index contributed by atoms with van der Waals surface area (Å²) >= 11 is 0. The summed E-state index contributed by atoms with van der Waals surface area (Å²) in [6, 6.07) is 6.70. The minimum absolute atomic E-state index is 0. The van der Waals surface area contributed by atoms with Gasteiger partial charge in [0.25, 0.3) is 5.91 Å². The van der Waals surface area contributed by atoms with Gasteiger partial charge in [-0.25, -0.2) is 0 Å². The number of fused-ring (bicyclic) bond motifs is 1. The normalized spacial score (nSPS) is 16.1. The van der Waals surface area contributed by atoms with Gasteiger partial charge in [-0.2, -0.15) is 5.10 Å². The molecule has 2 amide bonds. The van der Waals surface area contributed by atoms with Gasteiger partial charge >= 0.3 is 0 Å². The number of benzene rings is 1. The number of amides is 2. The van der Waals surface area contributed by atoms with Crippen LogP contribution in [0.3, 0.4) is 0 Å². The highest BCUT2D eigenvalue weighted by atomic mass is 35.5. The van der Waals surface area contributed by atoms with Crippen molar-refractivity contribution < 1.29 is 9.59 Å². The van der Waals surface area contributed by atoms with Crippen molar-refractivity contribution in [2.24, 2.45) is 11.7 Å². The minimum atomic E-state index is -0.649. The van der Waals surface area contributed by atoms with E-state index < -0.39 is 6.04 Å². The van der Waals surface area contributed by atoms with Gasteiger partial charge in [-0.15, -0.1) is 12.4 Å². The van der Waals surface area contributed by atoms with Crippen molar-refractivity contribution in [3.05, 3.63) is 30.0 Å². The lowest BCUT2D eigenvalue weighted by Crippen LogP contribution is -2.48. The zero-order chi connectivity index (χ0) is 16.4. The first-order valence-electron chi connectivity index (χ1n) is 7.83. The summed E-state index contributed by atoms with van der Waals surface area (Å²) in [4.78, 5) is 24.3. The molecule has 24 heavy (non-hydrogen) atoms. The van der Waals surface area contributed by atoms with Crippen LogP contribution in [0.25, 0.3) is 10.9 Å². The van der Waals surface area contributed by atoms with Crippen molar-refractivity contribution >= 4 is 35.1 Å². The van der Waals surface area contributed by atoms with Crippen molar-refractivity contribution in [2.75, 3.05) is 6.54 Å². The molecule has 1 aromatic heterocycles. The number of nitrogens with zero attached hydrogens (tertiary/aromatic N) is 1. The standard InChI is InChI=1S/C16H21N5O2.ClH/c1-9(15(22)18-8-12(17)10-6-7-10)19-16(23)14-11-4-2-3-5-13(11)20-21-14;/h2-5,9-10,12H,6-8,17H2,1H3,(H,18,22)(H,19,23)(H,20,21);1H. The highest BCUT2D eigenvalue weighted by Crippen LogP contribution is 2.31. The Morgan fingerprint density at radius 3 is 2.79 bits per heavy atom. The first kappa shape index (κ1) is 18.2. The first-order chi connectivity index (χ1) is 11.1. The van der Waals surface area contributed by atoms with E-state index in [4.69, 9.17) is 5.73 Å². The van der Waals surface area contributed by atoms with Crippen molar-refractivity contribution in [3.8, 4) is 0 Å². The van der Waals surface area contributed by atoms with Gasteiger partial charge in [-0.3, -0.25) is 14.7 Å². The maximum Gasteiger partial charge on any atom is 0.273 e. The summed E-state index contributed by atoms with van der Waals surface area (Å²) in [7, 11) is 0. The fraction of sp³-hybridized carbons (Fsp3) is 0.438. The summed E-state index contributed by atoms with van der Waals surface area (Å²) in [5.74, 6) is -0.0958. The van der Waals surface area contributed by atoms with E-state index in [1.807, 2.05) is 24.3 Å². The van der Waals surface area contributed by atoms with Crippen LogP contribution in [-0.4, -0.2) is 40.6 Å². The van der Waals surface area contributed by atoms with Crippen LogP contribution >= 0.6 is 12.4 Å². The van der Waals surface area contributed by atoms with Crippen LogP contribution < -0.4 is 16.4 Å². The van der Waals surface area contributed by atoms with Crippen molar-refractivity contribution in [1.29, 1.82) is 0 Å². The van der Waals surface area contributed by atoms with Gasteiger partial charge in [0, 0.05) is 18.0 Å². The summed E-state index contributed by atoms with van der Waals surface area (Å²) in [5.41, 5.74) is 7.02. The number of para-hydroxylation sites is 1. The number of halogens is 1. The quantitative estimate of drug-likeness (QED) is 0.620. The fourth-order valence-electron chi connectivity index (χ4n) is 2.53. The van der Waals surface area contributed by atoms with Gasteiger partial charge in [0.2, 0.25) is 5.91 Å². The van der Waals surface area contributed by atoms with Gasteiger partial charge < -0.3 is 16.4 Å². The monoisotopic (exact) mass is 351 g/mol. The van der Waals surface area contributed by atoms with E-state index in [0.29, 0.717) is 12.5 Å². The molecule has 1 aliphatic rings. The predicted octanol–water partition coefficient (Wildman–Crippen LogP) is 0.957. The molecule has 1 fully saturated rings. The van der Waals surface area contributed by atoms with E-state index in [1.165, 1.54) is 0 Å². The molecular formula is C16H22ClN5O2. The highest BCUT2D eigenvalue weighted by molar-refractivity contribution is 6.05. The molecule has 0 spiro atoms. The molecule has 1 aromatic carbocycles. The Labute approximate surface area is 146 Å². The second-order valence-electron chi connectivity index (χ2n) is 6.06. The number of aromatic nitrogens is 2. The van der Waals surface area contributed by atoms with Crippen LogP contribution in [0.5, 0.6) is 0 Å². The SMILES string of the molecule is CC(NC(=O)c1n[nH]c2ccccc12)C(=O)NCC(N)C1CC1.Cl. The lowest BCUT2D eigenvalue weighted by Gasteiger charge is -2.16. The molecule has 0 radical (unpaired) electrons. The topological polar surface area (TPSA) is 113 Å². The maximum atomic E-state index is 12.3. The van der Waals surface area contributed by atoms with E-state index in [1.54, 1.807) is 6.92 Å². The van der Waals surface area contributed by atoms with Gasteiger partial charge in [0.1, 0.15) is 6.04 Å². The van der Waals surface area contributed by atoms with Crippen LogP contribution in [0.2, 0.25) is 0 Å². The maximum absolute atomic E-state index is 12.3. The van der Waals surface area contributed by atoms with Crippen LogP contribution in [0.15, 0.2) is 24.3 Å². The van der Waals surface area contributed by atoms with Crippen molar-refractivity contribution in [1.82, 2.24) is 20.8 Å². The highest BCUT2D eigenvalue weighted by Gasteiger charge is 2.29. The number of nitrogens with two attached hydrogens (primary N) is 1. The van der Waals surface area contributed by atoms with Gasteiger partial charge in [0.05, 0.1) is 5.52 Å². The molecule has 8 heteroatoms. The van der Waals surface area contributed by atoms with Crippen LogP contribution in [0.4, 0.5) is 0 Å². The molecule has 1 aliphatic carbocycles. The number of aromatic amines is 1. The van der Waals surface area contributed by atoms with E-state index in [9.17, 15) is 9.59 Å². The molecular weight excluding hydrogens is 330 g/mol. The lowest BCUT2D eigenvalue weighted by molar-refractivity contribution is -0.122. The fourth-order valence-corrected chi connectivity index (χ4v) is 2.53. The zero-order valence-corrected chi connectivity index (χ0v) is 14.2. The van der Waals surface area contributed by atoms with E-state index >= 15 is 0 Å². The summed E-state index contributed by atoms with van der Waals surface area (Å²) in [6.45, 7) is 2.08. The molecule has 2 aromatic rings. The molecule has 1 heterocycles. The number of carbonyl (C=O) groups is 2. The Balaban J connectivity index is 0.00000208. The third-order valence-electron chi connectivity index (χ3n) is 4.17. The Hall–Kier alpha value is -2.12. The van der Waals surface area contributed by atoms with Gasteiger partial charge in [0.15, 0.2) is 5.69 Å². The molecule has 0 bridgehead atoms. The molecule has 130 valence electrons. The minimum Gasteiger partial charge on any atom is -0.353 e. The molecule has 3 rings (SSSR count). The van der Waals surface area contributed by atoms with Gasteiger partial charge in [-0.05, 0) is 31.7 Å². The first-order valence-corrected chi connectivity index (χ1v) is 7.83. The molecule has 2 unspecified atom stereocenters. The number of hydrogen-bond donors (Lipinski definition) is 4. The summed E-state index contributed by atoms with van der Waals surface area (Å²) in [6.07, 6.45) is 2.27. The Morgan fingerprint density at radius 2 is 2.08 bits per heavy atom. The number of H-pyrrole nitrogens is 1. The average molecular weight is 352 g/mol. The number of rotatable bonds is 6. The molecule has 0 aliphatic heterocycles. The lowest BCUT2D eigenvalue weighted by atomic mass is 10.2. The predicted molar refractivity (Wildman–Crippen MR) is 94.0 cm³/mol. The van der Waals surface area contributed by atoms with Crippen LogP contribution in [0, 0.1) is 5.92 Å². The second kappa shape index (κ2) is 7.63. The summed E-state index contributed by atoms with van der Waals surface area (Å²) in [5, 5.41) is 13.0. The van der Waals surface area contributed by atoms with E-state index in [2.05, 4.69) is 20.8 Å². The average Bonchev–Trinajstić information content (AvgIpc) is 3.31. The third-order valence-corrected chi connectivity index (χ3v) is 4.17. The Kier molecular flexibility index (Phi) is 5.80. The van der Waals surface area contributed by atoms with E-state index in [0.717, 1.165) is 23.7 Å². The van der Waals surface area contributed by atoms with E-state index in [-0.39, 0.29) is 36.0 Å². The smallest absolute Gasteiger partial charge is 0.273 e. The Bertz CT molecular complexity index is 728. The number of carbonyl (C=O) groups excluding carboxylic acids is 2. The number of hydrogen-bond acceptors (Lipinski definition) is 4.